The van der Waals surface area contributed by atoms with Crippen LogP contribution in [0.15, 0.2) is 41.2 Å². The van der Waals surface area contributed by atoms with Crippen LogP contribution in [0.25, 0.3) is 11.0 Å². The second-order valence-electron chi connectivity index (χ2n) is 4.76. The molecule has 0 saturated carbocycles. The summed E-state index contributed by atoms with van der Waals surface area (Å²) in [7, 11) is 1.91. The molecule has 1 aromatic carbocycles. The highest BCUT2D eigenvalue weighted by Crippen LogP contribution is 2.28. The Morgan fingerprint density at radius 3 is 2.95 bits per heavy atom. The van der Waals surface area contributed by atoms with Crippen LogP contribution in [0.3, 0.4) is 0 Å². The number of furan rings is 1. The van der Waals surface area contributed by atoms with Gasteiger partial charge in [-0.1, -0.05) is 19.1 Å². The van der Waals surface area contributed by atoms with Crippen LogP contribution in [-0.2, 0) is 7.05 Å². The molecule has 0 radical (unpaired) electrons. The van der Waals surface area contributed by atoms with E-state index < -0.39 is 0 Å². The smallest absolute Gasteiger partial charge is 0.169 e. The number of hydrogen-bond acceptors (Lipinski definition) is 3. The summed E-state index contributed by atoms with van der Waals surface area (Å²) in [6, 6.07) is 6.61. The van der Waals surface area contributed by atoms with Gasteiger partial charge >= 0.3 is 0 Å². The molecule has 0 aliphatic carbocycles. The van der Waals surface area contributed by atoms with Crippen LogP contribution < -0.4 is 5.32 Å². The molecule has 0 bridgehead atoms. The molecule has 4 nitrogen and oxygen atoms in total. The van der Waals surface area contributed by atoms with Gasteiger partial charge in [-0.3, -0.25) is 0 Å². The molecule has 0 fully saturated rings. The minimum atomic E-state index is -0.343. The van der Waals surface area contributed by atoms with Crippen molar-refractivity contribution in [1.82, 2.24) is 14.9 Å². The van der Waals surface area contributed by atoms with E-state index in [9.17, 15) is 4.39 Å². The number of aryl methyl sites for hydroxylation is 1. The standard InChI is InChI=1S/C15H16FN3O/c1-3-17-14(12-8-19(2)9-18-12)13-7-10-5-4-6-11(16)15(10)20-13/h4-9,14,17H,3H2,1-2H3. The van der Waals surface area contributed by atoms with Crippen molar-refractivity contribution in [2.45, 2.75) is 13.0 Å². The Bertz CT molecular complexity index is 732. The summed E-state index contributed by atoms with van der Waals surface area (Å²) < 4.78 is 21.3. The molecule has 20 heavy (non-hydrogen) atoms. The van der Waals surface area contributed by atoms with E-state index in [-0.39, 0.29) is 11.9 Å². The lowest BCUT2D eigenvalue weighted by atomic mass is 10.1. The Morgan fingerprint density at radius 1 is 1.45 bits per heavy atom. The zero-order valence-corrected chi connectivity index (χ0v) is 11.4. The monoisotopic (exact) mass is 273 g/mol. The third-order valence-electron chi connectivity index (χ3n) is 3.23. The third-order valence-corrected chi connectivity index (χ3v) is 3.23. The largest absolute Gasteiger partial charge is 0.456 e. The van der Waals surface area contributed by atoms with Crippen LogP contribution in [0.2, 0.25) is 0 Å². The van der Waals surface area contributed by atoms with Crippen molar-refractivity contribution in [3.05, 3.63) is 54.1 Å². The normalized spacial score (nSPS) is 12.9. The summed E-state index contributed by atoms with van der Waals surface area (Å²) in [5.74, 6) is 0.329. The topological polar surface area (TPSA) is 43.0 Å². The predicted molar refractivity (Wildman–Crippen MR) is 74.9 cm³/mol. The van der Waals surface area contributed by atoms with Gasteiger partial charge in [0, 0.05) is 18.6 Å². The van der Waals surface area contributed by atoms with Gasteiger partial charge in [-0.25, -0.2) is 9.37 Å². The number of rotatable bonds is 4. The molecule has 3 rings (SSSR count). The fraction of sp³-hybridized carbons (Fsp3) is 0.267. The zero-order chi connectivity index (χ0) is 14.1. The molecule has 0 aliphatic rings. The second-order valence-corrected chi connectivity index (χ2v) is 4.76. The number of nitrogens with one attached hydrogen (secondary N) is 1. The van der Waals surface area contributed by atoms with Gasteiger partial charge in [-0.05, 0) is 18.7 Å². The molecule has 1 unspecified atom stereocenters. The van der Waals surface area contributed by atoms with Gasteiger partial charge in [-0.2, -0.15) is 0 Å². The first kappa shape index (κ1) is 12.9. The lowest BCUT2D eigenvalue weighted by molar-refractivity contribution is 0.460. The van der Waals surface area contributed by atoms with Gasteiger partial charge in [-0.15, -0.1) is 0 Å². The maximum Gasteiger partial charge on any atom is 0.169 e. The van der Waals surface area contributed by atoms with Gasteiger partial charge in [0.1, 0.15) is 11.8 Å². The van der Waals surface area contributed by atoms with Crippen LogP contribution in [0.1, 0.15) is 24.4 Å². The molecule has 2 aromatic heterocycles. The molecule has 5 heteroatoms. The third kappa shape index (κ3) is 2.20. The lowest BCUT2D eigenvalue weighted by Crippen LogP contribution is -2.21. The van der Waals surface area contributed by atoms with Crippen molar-refractivity contribution < 1.29 is 8.81 Å². The van der Waals surface area contributed by atoms with Crippen molar-refractivity contribution in [1.29, 1.82) is 0 Å². The summed E-state index contributed by atoms with van der Waals surface area (Å²) in [5.41, 5.74) is 1.15. The Morgan fingerprint density at radius 2 is 2.30 bits per heavy atom. The molecule has 0 spiro atoms. The highest BCUT2D eigenvalue weighted by molar-refractivity contribution is 5.78. The predicted octanol–water partition coefficient (Wildman–Crippen LogP) is 3.00. The quantitative estimate of drug-likeness (QED) is 0.794. The Labute approximate surface area is 116 Å². The van der Waals surface area contributed by atoms with E-state index in [4.69, 9.17) is 4.42 Å². The first-order valence-electron chi connectivity index (χ1n) is 6.58. The molecule has 104 valence electrons. The Kier molecular flexibility index (Phi) is 3.28. The fourth-order valence-corrected chi connectivity index (χ4v) is 2.33. The first-order valence-corrected chi connectivity index (χ1v) is 6.58. The molecular formula is C15H16FN3O. The minimum Gasteiger partial charge on any atom is -0.456 e. The fourth-order valence-electron chi connectivity index (χ4n) is 2.33. The number of fused-ring (bicyclic) bond motifs is 1. The Balaban J connectivity index is 2.07. The van der Waals surface area contributed by atoms with Crippen molar-refractivity contribution >= 4 is 11.0 Å². The highest BCUT2D eigenvalue weighted by atomic mass is 19.1. The van der Waals surface area contributed by atoms with Crippen molar-refractivity contribution in [3.63, 3.8) is 0 Å². The maximum atomic E-state index is 13.7. The summed E-state index contributed by atoms with van der Waals surface area (Å²) in [5, 5.41) is 4.08. The summed E-state index contributed by atoms with van der Waals surface area (Å²) in [4.78, 5) is 4.35. The molecule has 0 saturated heterocycles. The molecule has 2 heterocycles. The van der Waals surface area contributed by atoms with E-state index in [1.165, 1.54) is 6.07 Å². The second kappa shape index (κ2) is 5.09. The van der Waals surface area contributed by atoms with Crippen molar-refractivity contribution in [3.8, 4) is 0 Å². The molecule has 1 N–H and O–H groups in total. The van der Waals surface area contributed by atoms with E-state index in [0.29, 0.717) is 11.3 Å². The number of hydrogen-bond donors (Lipinski definition) is 1. The van der Waals surface area contributed by atoms with E-state index in [2.05, 4.69) is 10.3 Å². The number of nitrogens with zero attached hydrogens (tertiary/aromatic N) is 2. The van der Waals surface area contributed by atoms with Crippen molar-refractivity contribution in [2.24, 2.45) is 7.05 Å². The van der Waals surface area contributed by atoms with Crippen molar-refractivity contribution in [2.75, 3.05) is 6.54 Å². The van der Waals surface area contributed by atoms with Crippen LogP contribution in [0, 0.1) is 5.82 Å². The first-order chi connectivity index (χ1) is 9.69. The maximum absolute atomic E-state index is 13.7. The van der Waals surface area contributed by atoms with Gasteiger partial charge in [0.05, 0.1) is 12.0 Å². The number of benzene rings is 1. The van der Waals surface area contributed by atoms with Crippen LogP contribution >= 0.6 is 0 Å². The van der Waals surface area contributed by atoms with Gasteiger partial charge in [0.25, 0.3) is 0 Å². The molecule has 0 amide bonds. The SMILES string of the molecule is CCNC(c1cn(C)cn1)c1cc2cccc(F)c2o1. The average Bonchev–Trinajstić information content (AvgIpc) is 3.03. The van der Waals surface area contributed by atoms with Gasteiger partial charge in [0.15, 0.2) is 11.4 Å². The summed E-state index contributed by atoms with van der Waals surface area (Å²) in [6.07, 6.45) is 3.67. The van der Waals surface area contributed by atoms with Crippen LogP contribution in [-0.4, -0.2) is 16.1 Å². The molecule has 3 aromatic rings. The lowest BCUT2D eigenvalue weighted by Gasteiger charge is -2.12. The molecule has 1 atom stereocenters. The summed E-state index contributed by atoms with van der Waals surface area (Å²) in [6.45, 7) is 2.78. The number of aromatic nitrogens is 2. The minimum absolute atomic E-state index is 0.173. The van der Waals surface area contributed by atoms with Crippen LogP contribution in [0.4, 0.5) is 4.39 Å². The Hall–Kier alpha value is -2.14. The molecular weight excluding hydrogens is 257 g/mol. The van der Waals surface area contributed by atoms with Gasteiger partial charge < -0.3 is 14.3 Å². The van der Waals surface area contributed by atoms with E-state index >= 15 is 0 Å². The highest BCUT2D eigenvalue weighted by Gasteiger charge is 2.20. The number of halogens is 1. The van der Waals surface area contributed by atoms with E-state index in [1.807, 2.05) is 36.9 Å². The number of para-hydroxylation sites is 1. The van der Waals surface area contributed by atoms with E-state index in [0.717, 1.165) is 17.6 Å². The summed E-state index contributed by atoms with van der Waals surface area (Å²) >= 11 is 0. The average molecular weight is 273 g/mol. The molecule has 0 aliphatic heterocycles. The zero-order valence-electron chi connectivity index (χ0n) is 11.4. The van der Waals surface area contributed by atoms with E-state index in [1.54, 1.807) is 12.4 Å². The van der Waals surface area contributed by atoms with Gasteiger partial charge in [0.2, 0.25) is 0 Å². The van der Waals surface area contributed by atoms with Crippen LogP contribution in [0.5, 0.6) is 0 Å². The number of imidazole rings is 1.